The number of nitrogens with zero attached hydrogens (tertiary/aromatic N) is 2. The lowest BCUT2D eigenvalue weighted by atomic mass is 10.1. The van der Waals surface area contributed by atoms with E-state index in [4.69, 9.17) is 4.74 Å². The maximum atomic E-state index is 13.5. The third-order valence-corrected chi connectivity index (χ3v) is 4.10. The van der Waals surface area contributed by atoms with E-state index in [1.54, 1.807) is 13.2 Å². The highest BCUT2D eigenvalue weighted by Gasteiger charge is 2.15. The van der Waals surface area contributed by atoms with Crippen molar-refractivity contribution < 1.29 is 9.13 Å². The number of aromatic nitrogens is 2. The molecule has 0 bridgehead atoms. The summed E-state index contributed by atoms with van der Waals surface area (Å²) in [5, 5.41) is 3.93. The van der Waals surface area contributed by atoms with Gasteiger partial charge in [0.15, 0.2) is 5.82 Å². The number of benzene rings is 2. The van der Waals surface area contributed by atoms with E-state index in [0.717, 1.165) is 11.1 Å². The van der Waals surface area contributed by atoms with Gasteiger partial charge in [-0.25, -0.2) is 4.39 Å². The van der Waals surface area contributed by atoms with E-state index in [9.17, 15) is 4.39 Å². The van der Waals surface area contributed by atoms with Crippen LogP contribution in [-0.4, -0.2) is 16.5 Å². The van der Waals surface area contributed by atoms with Crippen LogP contribution < -0.4 is 10.1 Å². The minimum atomic E-state index is -0.295. The SMILES string of the molecule is COc1ccc(F)cc1C(C)Nc1nc(-c2ccccc2)ns1. The van der Waals surface area contributed by atoms with E-state index < -0.39 is 0 Å². The molecule has 1 atom stereocenters. The van der Waals surface area contributed by atoms with Crippen molar-refractivity contribution in [2.75, 3.05) is 12.4 Å². The molecule has 0 aliphatic heterocycles. The van der Waals surface area contributed by atoms with Crippen molar-refractivity contribution in [2.45, 2.75) is 13.0 Å². The fourth-order valence-corrected chi connectivity index (χ4v) is 2.97. The van der Waals surface area contributed by atoms with Gasteiger partial charge >= 0.3 is 0 Å². The molecule has 3 aromatic rings. The molecule has 6 heteroatoms. The maximum Gasteiger partial charge on any atom is 0.203 e. The first kappa shape index (κ1) is 15.4. The summed E-state index contributed by atoms with van der Waals surface area (Å²) in [5.41, 5.74) is 1.71. The van der Waals surface area contributed by atoms with Crippen LogP contribution in [0.3, 0.4) is 0 Å². The summed E-state index contributed by atoms with van der Waals surface area (Å²) in [4.78, 5) is 4.49. The van der Waals surface area contributed by atoms with Gasteiger partial charge < -0.3 is 10.1 Å². The molecule has 0 amide bonds. The van der Waals surface area contributed by atoms with Crippen molar-refractivity contribution in [3.05, 3.63) is 59.9 Å². The second kappa shape index (κ2) is 6.75. The third kappa shape index (κ3) is 3.48. The number of nitrogens with one attached hydrogen (secondary N) is 1. The lowest BCUT2D eigenvalue weighted by molar-refractivity contribution is 0.406. The minimum Gasteiger partial charge on any atom is -0.496 e. The Morgan fingerprint density at radius 3 is 2.70 bits per heavy atom. The maximum absolute atomic E-state index is 13.5. The Morgan fingerprint density at radius 1 is 1.17 bits per heavy atom. The first-order valence-corrected chi connectivity index (χ1v) is 7.94. The van der Waals surface area contributed by atoms with Crippen LogP contribution in [0.4, 0.5) is 9.52 Å². The molecule has 0 fully saturated rings. The van der Waals surface area contributed by atoms with E-state index in [1.165, 1.54) is 23.7 Å². The predicted octanol–water partition coefficient (Wildman–Crippen LogP) is 4.53. The van der Waals surface area contributed by atoms with Crippen molar-refractivity contribution >= 4 is 16.7 Å². The van der Waals surface area contributed by atoms with Gasteiger partial charge in [0.2, 0.25) is 5.13 Å². The Bertz CT molecular complexity index is 792. The van der Waals surface area contributed by atoms with Crippen LogP contribution in [0.25, 0.3) is 11.4 Å². The smallest absolute Gasteiger partial charge is 0.203 e. The molecule has 1 heterocycles. The number of hydrogen-bond acceptors (Lipinski definition) is 5. The van der Waals surface area contributed by atoms with E-state index in [0.29, 0.717) is 16.7 Å². The molecule has 0 saturated carbocycles. The molecule has 3 rings (SSSR count). The van der Waals surface area contributed by atoms with Gasteiger partial charge in [0.1, 0.15) is 11.6 Å². The van der Waals surface area contributed by atoms with Crippen LogP contribution in [-0.2, 0) is 0 Å². The molecule has 0 aliphatic carbocycles. The molecule has 0 aliphatic rings. The number of methoxy groups -OCH3 is 1. The van der Waals surface area contributed by atoms with Gasteiger partial charge in [-0.3, -0.25) is 0 Å². The lowest BCUT2D eigenvalue weighted by Crippen LogP contribution is -2.08. The van der Waals surface area contributed by atoms with E-state index in [-0.39, 0.29) is 11.9 Å². The number of anilines is 1. The Labute approximate surface area is 138 Å². The molecule has 2 aromatic carbocycles. The quantitative estimate of drug-likeness (QED) is 0.747. The van der Waals surface area contributed by atoms with E-state index >= 15 is 0 Å². The van der Waals surface area contributed by atoms with Gasteiger partial charge in [-0.2, -0.15) is 9.36 Å². The summed E-state index contributed by atoms with van der Waals surface area (Å²) in [6, 6.07) is 14.1. The van der Waals surface area contributed by atoms with Gasteiger partial charge in [0.05, 0.1) is 13.2 Å². The van der Waals surface area contributed by atoms with Crippen LogP contribution >= 0.6 is 11.5 Å². The molecule has 4 nitrogen and oxygen atoms in total. The van der Waals surface area contributed by atoms with Crippen molar-refractivity contribution in [1.82, 2.24) is 9.36 Å². The minimum absolute atomic E-state index is 0.155. The average molecular weight is 329 g/mol. The first-order valence-electron chi connectivity index (χ1n) is 7.16. The van der Waals surface area contributed by atoms with Gasteiger partial charge in [-0.1, -0.05) is 30.3 Å². The number of rotatable bonds is 5. The standard InChI is InChI=1S/C17H16FN3OS/c1-11(14-10-13(18)8-9-15(14)22-2)19-17-20-16(21-23-17)12-6-4-3-5-7-12/h3-11H,1-2H3,(H,19,20,21). The molecular weight excluding hydrogens is 313 g/mol. The Morgan fingerprint density at radius 2 is 1.96 bits per heavy atom. The average Bonchev–Trinajstić information content (AvgIpc) is 3.04. The molecule has 23 heavy (non-hydrogen) atoms. The zero-order valence-corrected chi connectivity index (χ0v) is 13.6. The van der Waals surface area contributed by atoms with Crippen LogP contribution in [0, 0.1) is 5.82 Å². The Hall–Kier alpha value is -2.47. The first-order chi connectivity index (χ1) is 11.2. The van der Waals surface area contributed by atoms with Gasteiger partial charge in [0.25, 0.3) is 0 Å². The van der Waals surface area contributed by atoms with Gasteiger partial charge in [-0.15, -0.1) is 0 Å². The van der Waals surface area contributed by atoms with E-state index in [1.807, 2.05) is 37.3 Å². The predicted molar refractivity (Wildman–Crippen MR) is 90.3 cm³/mol. The van der Waals surface area contributed by atoms with Crippen molar-refractivity contribution in [2.24, 2.45) is 0 Å². The van der Waals surface area contributed by atoms with Crippen LogP contribution in [0.5, 0.6) is 5.75 Å². The zero-order valence-electron chi connectivity index (χ0n) is 12.8. The van der Waals surface area contributed by atoms with Crippen LogP contribution in [0.15, 0.2) is 48.5 Å². The molecule has 0 spiro atoms. The second-order valence-electron chi connectivity index (χ2n) is 5.04. The molecular formula is C17H16FN3OS. The fraction of sp³-hybridized carbons (Fsp3) is 0.176. The normalized spacial score (nSPS) is 12.0. The lowest BCUT2D eigenvalue weighted by Gasteiger charge is -2.16. The number of ether oxygens (including phenoxy) is 1. The molecule has 1 N–H and O–H groups in total. The summed E-state index contributed by atoms with van der Waals surface area (Å²) in [5.74, 6) is 1.02. The van der Waals surface area contributed by atoms with Gasteiger partial charge in [-0.05, 0) is 25.1 Å². The van der Waals surface area contributed by atoms with Crippen molar-refractivity contribution in [3.63, 3.8) is 0 Å². The van der Waals surface area contributed by atoms with Crippen molar-refractivity contribution in [1.29, 1.82) is 0 Å². The summed E-state index contributed by atoms with van der Waals surface area (Å²) in [6.45, 7) is 1.93. The van der Waals surface area contributed by atoms with Crippen molar-refractivity contribution in [3.8, 4) is 17.1 Å². The van der Waals surface area contributed by atoms with Crippen LogP contribution in [0.2, 0.25) is 0 Å². The highest BCUT2D eigenvalue weighted by atomic mass is 32.1. The number of hydrogen-bond donors (Lipinski definition) is 1. The fourth-order valence-electron chi connectivity index (χ4n) is 2.29. The third-order valence-electron chi connectivity index (χ3n) is 3.46. The second-order valence-corrected chi connectivity index (χ2v) is 5.79. The van der Waals surface area contributed by atoms with Gasteiger partial charge in [0, 0.05) is 22.7 Å². The Balaban J connectivity index is 1.80. The molecule has 0 radical (unpaired) electrons. The molecule has 0 saturated heterocycles. The molecule has 1 unspecified atom stereocenters. The summed E-state index contributed by atoms with van der Waals surface area (Å²) < 4.78 is 23.1. The summed E-state index contributed by atoms with van der Waals surface area (Å²) >= 11 is 1.28. The zero-order chi connectivity index (χ0) is 16.2. The summed E-state index contributed by atoms with van der Waals surface area (Å²) in [7, 11) is 1.57. The van der Waals surface area contributed by atoms with E-state index in [2.05, 4.69) is 14.7 Å². The molecule has 1 aromatic heterocycles. The highest BCUT2D eigenvalue weighted by molar-refractivity contribution is 7.09. The Kier molecular flexibility index (Phi) is 4.52. The molecule has 118 valence electrons. The topological polar surface area (TPSA) is 47.0 Å². The van der Waals surface area contributed by atoms with Crippen LogP contribution in [0.1, 0.15) is 18.5 Å². The monoisotopic (exact) mass is 329 g/mol. The largest absolute Gasteiger partial charge is 0.496 e. The number of halogens is 1. The summed E-state index contributed by atoms with van der Waals surface area (Å²) in [6.07, 6.45) is 0. The highest BCUT2D eigenvalue weighted by Crippen LogP contribution is 2.30.